The number of hydrogen-bond donors (Lipinski definition) is 0. The fourth-order valence-electron chi connectivity index (χ4n) is 2.93. The summed E-state index contributed by atoms with van der Waals surface area (Å²) in [6.07, 6.45) is 1.70. The minimum Gasteiger partial charge on any atom is -0.468 e. The van der Waals surface area contributed by atoms with Crippen LogP contribution in [0.4, 0.5) is 0 Å². The first-order chi connectivity index (χ1) is 11.2. The quantitative estimate of drug-likeness (QED) is 0.774. The molecule has 0 amide bonds. The number of nitrogens with zero attached hydrogens (tertiary/aromatic N) is 2. The highest BCUT2D eigenvalue weighted by molar-refractivity contribution is 7.92. The second-order valence-corrected chi connectivity index (χ2v) is 9.90. The summed E-state index contributed by atoms with van der Waals surface area (Å²) >= 11 is 0. The maximum atomic E-state index is 13.1. The standard InChI is InChI=1S/C14H18N2O6S2/c1-10-14(11(2)22-15-10)24(19,20)16(8-13-4-3-6-21-13)12-5-7-23(17,18)9-12/h3-4,6,12H,5,7-9H2,1-2H3/t12-/m1/s1. The largest absolute Gasteiger partial charge is 0.468 e. The highest BCUT2D eigenvalue weighted by atomic mass is 32.2. The van der Waals surface area contributed by atoms with Gasteiger partial charge in [0.2, 0.25) is 10.0 Å². The molecule has 1 fully saturated rings. The molecule has 0 spiro atoms. The number of aromatic nitrogens is 1. The Morgan fingerprint density at radius 3 is 2.62 bits per heavy atom. The molecule has 0 aromatic carbocycles. The molecular weight excluding hydrogens is 356 g/mol. The second-order valence-electron chi connectivity index (χ2n) is 5.84. The van der Waals surface area contributed by atoms with Crippen molar-refractivity contribution in [3.05, 3.63) is 35.6 Å². The zero-order valence-electron chi connectivity index (χ0n) is 13.3. The minimum absolute atomic E-state index is 0.0154. The van der Waals surface area contributed by atoms with Gasteiger partial charge in [-0.15, -0.1) is 0 Å². The molecule has 3 rings (SSSR count). The topological polar surface area (TPSA) is 111 Å². The van der Waals surface area contributed by atoms with Crippen LogP contribution < -0.4 is 0 Å². The van der Waals surface area contributed by atoms with Crippen molar-refractivity contribution in [2.75, 3.05) is 11.5 Å². The molecular formula is C14H18N2O6S2. The molecule has 0 bridgehead atoms. The predicted molar refractivity (Wildman–Crippen MR) is 84.5 cm³/mol. The first-order valence-electron chi connectivity index (χ1n) is 7.38. The van der Waals surface area contributed by atoms with Crippen molar-refractivity contribution in [2.45, 2.75) is 37.8 Å². The van der Waals surface area contributed by atoms with Crippen LogP contribution in [0.1, 0.15) is 23.6 Å². The zero-order valence-corrected chi connectivity index (χ0v) is 14.9. The lowest BCUT2D eigenvalue weighted by atomic mass is 10.2. The fourth-order valence-corrected chi connectivity index (χ4v) is 6.67. The van der Waals surface area contributed by atoms with Gasteiger partial charge in [0.1, 0.15) is 16.3 Å². The van der Waals surface area contributed by atoms with Gasteiger partial charge in [0, 0.05) is 6.04 Å². The SMILES string of the molecule is Cc1noc(C)c1S(=O)(=O)N(Cc1ccco1)[C@@H]1CCS(=O)(=O)C1. The third-order valence-electron chi connectivity index (χ3n) is 4.04. The lowest BCUT2D eigenvalue weighted by molar-refractivity contribution is 0.306. The van der Waals surface area contributed by atoms with Crippen molar-refractivity contribution in [1.29, 1.82) is 0 Å². The summed E-state index contributed by atoms with van der Waals surface area (Å²) in [4.78, 5) is -0.0154. The maximum Gasteiger partial charge on any atom is 0.249 e. The van der Waals surface area contributed by atoms with Gasteiger partial charge in [0.05, 0.1) is 24.3 Å². The van der Waals surface area contributed by atoms with Gasteiger partial charge in [-0.05, 0) is 32.4 Å². The third kappa shape index (κ3) is 3.13. The molecule has 2 aromatic heterocycles. The molecule has 8 nitrogen and oxygen atoms in total. The van der Waals surface area contributed by atoms with Crippen LogP contribution >= 0.6 is 0 Å². The van der Waals surface area contributed by atoms with Gasteiger partial charge in [-0.2, -0.15) is 4.31 Å². The van der Waals surface area contributed by atoms with Crippen molar-refractivity contribution in [3.8, 4) is 0 Å². The predicted octanol–water partition coefficient (Wildman–Crippen LogP) is 1.26. The molecule has 1 aliphatic rings. The summed E-state index contributed by atoms with van der Waals surface area (Å²) in [7, 11) is -7.22. The Bertz CT molecular complexity index is 909. The van der Waals surface area contributed by atoms with E-state index in [1.54, 1.807) is 19.1 Å². The van der Waals surface area contributed by atoms with E-state index in [1.807, 2.05) is 0 Å². The molecule has 2 aromatic rings. The van der Waals surface area contributed by atoms with E-state index in [1.165, 1.54) is 17.5 Å². The van der Waals surface area contributed by atoms with Crippen molar-refractivity contribution < 1.29 is 25.8 Å². The first kappa shape index (κ1) is 17.2. The third-order valence-corrected chi connectivity index (χ3v) is 7.94. The van der Waals surface area contributed by atoms with E-state index < -0.39 is 25.9 Å². The molecule has 1 saturated heterocycles. The van der Waals surface area contributed by atoms with Gasteiger partial charge in [-0.1, -0.05) is 5.16 Å². The normalized spacial score (nSPS) is 20.7. The van der Waals surface area contributed by atoms with E-state index in [4.69, 9.17) is 8.94 Å². The van der Waals surface area contributed by atoms with Crippen molar-refractivity contribution in [1.82, 2.24) is 9.46 Å². The molecule has 0 aliphatic carbocycles. The Morgan fingerprint density at radius 2 is 2.12 bits per heavy atom. The van der Waals surface area contributed by atoms with E-state index >= 15 is 0 Å². The van der Waals surface area contributed by atoms with Crippen LogP contribution in [0.3, 0.4) is 0 Å². The molecule has 1 atom stereocenters. The van der Waals surface area contributed by atoms with Crippen LogP contribution in [0.15, 0.2) is 32.2 Å². The van der Waals surface area contributed by atoms with Gasteiger partial charge in [-0.25, -0.2) is 16.8 Å². The van der Waals surface area contributed by atoms with Crippen molar-refractivity contribution >= 4 is 19.9 Å². The zero-order chi connectivity index (χ0) is 17.5. The number of aryl methyl sites for hydroxylation is 2. The smallest absolute Gasteiger partial charge is 0.249 e. The molecule has 0 N–H and O–H groups in total. The van der Waals surface area contributed by atoms with Gasteiger partial charge >= 0.3 is 0 Å². The van der Waals surface area contributed by atoms with Gasteiger partial charge in [0.15, 0.2) is 15.6 Å². The molecule has 0 radical (unpaired) electrons. The Morgan fingerprint density at radius 1 is 1.38 bits per heavy atom. The van der Waals surface area contributed by atoms with Crippen LogP contribution in [-0.4, -0.2) is 43.8 Å². The summed E-state index contributed by atoms with van der Waals surface area (Å²) in [5, 5.41) is 3.69. The van der Waals surface area contributed by atoms with Crippen LogP contribution in [0.25, 0.3) is 0 Å². The molecule has 1 aliphatic heterocycles. The summed E-state index contributed by atoms with van der Waals surface area (Å²) < 4.78 is 61.3. The minimum atomic E-state index is -3.98. The van der Waals surface area contributed by atoms with E-state index in [0.717, 1.165) is 0 Å². The Balaban J connectivity index is 2.04. The number of rotatable bonds is 5. The average molecular weight is 374 g/mol. The summed E-state index contributed by atoms with van der Waals surface area (Å²) in [5.74, 6) is 0.396. The Labute approximate surface area is 140 Å². The van der Waals surface area contributed by atoms with Crippen LogP contribution in [-0.2, 0) is 26.4 Å². The summed E-state index contributed by atoms with van der Waals surface area (Å²) in [5.41, 5.74) is 0.248. The van der Waals surface area contributed by atoms with E-state index in [-0.39, 0.29) is 40.8 Å². The molecule has 132 valence electrons. The highest BCUT2D eigenvalue weighted by Gasteiger charge is 2.41. The maximum absolute atomic E-state index is 13.1. The van der Waals surface area contributed by atoms with Crippen molar-refractivity contribution in [2.24, 2.45) is 0 Å². The number of hydrogen-bond acceptors (Lipinski definition) is 7. The molecule has 10 heteroatoms. The first-order valence-corrected chi connectivity index (χ1v) is 10.6. The summed E-state index contributed by atoms with van der Waals surface area (Å²) in [6.45, 7) is 3.02. The number of sulfonamides is 1. The highest BCUT2D eigenvalue weighted by Crippen LogP contribution is 2.30. The Kier molecular flexibility index (Phi) is 4.30. The monoisotopic (exact) mass is 374 g/mol. The molecule has 24 heavy (non-hydrogen) atoms. The van der Waals surface area contributed by atoms with E-state index in [9.17, 15) is 16.8 Å². The van der Waals surface area contributed by atoms with Crippen LogP contribution in [0, 0.1) is 13.8 Å². The number of sulfone groups is 1. The lowest BCUT2D eigenvalue weighted by Gasteiger charge is -2.26. The van der Waals surface area contributed by atoms with E-state index in [0.29, 0.717) is 5.76 Å². The lowest BCUT2D eigenvalue weighted by Crippen LogP contribution is -2.40. The second kappa shape index (κ2) is 6.01. The van der Waals surface area contributed by atoms with E-state index in [2.05, 4.69) is 5.16 Å². The van der Waals surface area contributed by atoms with Gasteiger partial charge < -0.3 is 8.94 Å². The molecule has 0 saturated carbocycles. The van der Waals surface area contributed by atoms with Crippen LogP contribution in [0.2, 0.25) is 0 Å². The molecule has 3 heterocycles. The van der Waals surface area contributed by atoms with Gasteiger partial charge in [0.25, 0.3) is 0 Å². The molecule has 0 unspecified atom stereocenters. The Hall–Kier alpha value is -1.65. The summed E-state index contributed by atoms with van der Waals surface area (Å²) in [6, 6.07) is 2.67. The van der Waals surface area contributed by atoms with Crippen LogP contribution in [0.5, 0.6) is 0 Å². The average Bonchev–Trinajstić information content (AvgIpc) is 3.18. The number of furan rings is 1. The van der Waals surface area contributed by atoms with Gasteiger partial charge in [-0.3, -0.25) is 0 Å². The fraction of sp³-hybridized carbons (Fsp3) is 0.500. The van der Waals surface area contributed by atoms with Crippen molar-refractivity contribution in [3.63, 3.8) is 0 Å².